The highest BCUT2D eigenvalue weighted by molar-refractivity contribution is 5.99. The minimum Gasteiger partial charge on any atom is -0.294 e. The monoisotopic (exact) mass is 162 g/mol. The van der Waals surface area contributed by atoms with Crippen molar-refractivity contribution in [2.24, 2.45) is 5.89 Å². The van der Waals surface area contributed by atoms with Gasteiger partial charge in [0.25, 0.3) is 0 Å². The minimum atomic E-state index is -0.908. The molecule has 0 saturated heterocycles. The zero-order valence-electron chi connectivity index (χ0n) is 8.13. The van der Waals surface area contributed by atoms with Crippen molar-refractivity contribution < 1.29 is 6.17 Å². The van der Waals surface area contributed by atoms with Gasteiger partial charge in [-0.1, -0.05) is 31.2 Å². The van der Waals surface area contributed by atoms with E-state index in [1.165, 1.54) is 0 Å². The number of ketones is 1. The number of carbonyl (C=O) groups excluding carboxylic acids is 1. The van der Waals surface area contributed by atoms with Crippen molar-refractivity contribution >= 4 is 5.78 Å². The topological polar surface area (TPSA) is 17.1 Å². The maximum atomic E-state index is 11.8. The number of hydrogen-bond acceptors (Lipinski definition) is 1. The number of hydrogen-bond donors (Lipinski definition) is 0. The van der Waals surface area contributed by atoms with E-state index < -0.39 is 5.89 Å². The molecule has 0 aliphatic heterocycles. The fourth-order valence-electron chi connectivity index (χ4n) is 1.63. The molecule has 12 heavy (non-hydrogen) atoms. The van der Waals surface area contributed by atoms with Crippen LogP contribution >= 0.6 is 0 Å². The molecule has 0 aromatic heterocycles. The van der Waals surface area contributed by atoms with Gasteiger partial charge in [0, 0.05) is 12.8 Å². The summed E-state index contributed by atoms with van der Waals surface area (Å²) in [6.45, 7) is 1.70. The van der Waals surface area contributed by atoms with E-state index >= 15 is 0 Å². The van der Waals surface area contributed by atoms with Gasteiger partial charge in [0.15, 0.2) is 5.78 Å². The lowest BCUT2D eigenvalue weighted by molar-refractivity contribution is 0.0913. The van der Waals surface area contributed by atoms with E-state index in [-0.39, 0.29) is 5.78 Å². The standard InChI is InChI=1S/C11H12O/c1-8-6-7-9-4-2-3-5-10(9)11(8)12/h2-5,8H,6-7H2,1H3/i1+1,8D. The fourth-order valence-corrected chi connectivity index (χ4v) is 1.63. The molecular weight excluding hydrogens is 149 g/mol. The Balaban J connectivity index is 2.52. The van der Waals surface area contributed by atoms with Gasteiger partial charge >= 0.3 is 0 Å². The van der Waals surface area contributed by atoms with E-state index in [0.717, 1.165) is 17.5 Å². The molecule has 0 saturated carbocycles. The number of carbonyl (C=O) groups is 1. The van der Waals surface area contributed by atoms with E-state index in [2.05, 4.69) is 0 Å². The Morgan fingerprint density at radius 1 is 1.50 bits per heavy atom. The highest BCUT2D eigenvalue weighted by Gasteiger charge is 2.22. The summed E-state index contributed by atoms with van der Waals surface area (Å²) in [7, 11) is 0. The van der Waals surface area contributed by atoms with Crippen LogP contribution < -0.4 is 0 Å². The second-order valence-corrected chi connectivity index (χ2v) is 3.27. The van der Waals surface area contributed by atoms with Gasteiger partial charge in [0.2, 0.25) is 0 Å². The minimum absolute atomic E-state index is 0.0330. The molecule has 1 aliphatic rings. The summed E-state index contributed by atoms with van der Waals surface area (Å²) in [5.74, 6) is -0.941. The lowest BCUT2D eigenvalue weighted by atomic mass is 9.86. The maximum absolute atomic E-state index is 11.8. The Kier molecular flexibility index (Phi) is 1.46. The lowest BCUT2D eigenvalue weighted by Gasteiger charge is -2.19. The first-order valence-electron chi connectivity index (χ1n) is 4.74. The molecule has 2 rings (SSSR count). The molecular formula is C11H12O. The molecule has 0 heterocycles. The zero-order valence-corrected chi connectivity index (χ0v) is 7.13. The maximum Gasteiger partial charge on any atom is 0.165 e. The third-order valence-electron chi connectivity index (χ3n) is 2.42. The van der Waals surface area contributed by atoms with Crippen LogP contribution in [0.25, 0.3) is 0 Å². The van der Waals surface area contributed by atoms with Gasteiger partial charge in [-0.3, -0.25) is 4.79 Å². The highest BCUT2D eigenvalue weighted by Crippen LogP contribution is 2.24. The van der Waals surface area contributed by atoms with Crippen molar-refractivity contribution in [2.45, 2.75) is 19.8 Å². The SMILES string of the molecule is [2H]C1([13CH3])CCc2ccccc2C1=O. The van der Waals surface area contributed by atoms with Gasteiger partial charge in [-0.05, 0) is 18.4 Å². The van der Waals surface area contributed by atoms with Gasteiger partial charge in [0.1, 0.15) is 0 Å². The van der Waals surface area contributed by atoms with Crippen molar-refractivity contribution in [1.29, 1.82) is 0 Å². The molecule has 1 unspecified atom stereocenters. The van der Waals surface area contributed by atoms with E-state index in [1.807, 2.05) is 24.3 Å². The predicted octanol–water partition coefficient (Wildman–Crippen LogP) is 2.45. The Hall–Kier alpha value is -1.11. The summed E-state index contributed by atoms with van der Waals surface area (Å²) >= 11 is 0. The van der Waals surface area contributed by atoms with Crippen LogP contribution in [0.4, 0.5) is 0 Å². The summed E-state index contributed by atoms with van der Waals surface area (Å²) in [6, 6.07) is 7.60. The van der Waals surface area contributed by atoms with Crippen molar-refractivity contribution in [1.82, 2.24) is 0 Å². The van der Waals surface area contributed by atoms with Crippen LogP contribution in [0.2, 0.25) is 0 Å². The number of aryl methyl sites for hydroxylation is 1. The van der Waals surface area contributed by atoms with Crippen LogP contribution in [0.5, 0.6) is 0 Å². The Morgan fingerprint density at radius 2 is 2.25 bits per heavy atom. The van der Waals surface area contributed by atoms with Crippen LogP contribution in [0, 0.1) is 5.89 Å². The molecule has 1 nitrogen and oxygen atoms in total. The molecule has 0 fully saturated rings. The zero-order chi connectivity index (χ0) is 9.47. The van der Waals surface area contributed by atoms with E-state index in [4.69, 9.17) is 1.37 Å². The predicted molar refractivity (Wildman–Crippen MR) is 48.3 cm³/mol. The van der Waals surface area contributed by atoms with Gasteiger partial charge in [0.05, 0.1) is 0 Å². The summed E-state index contributed by atoms with van der Waals surface area (Å²) in [6.07, 6.45) is 1.49. The Bertz CT molecular complexity index is 355. The molecule has 0 bridgehead atoms. The highest BCUT2D eigenvalue weighted by atomic mass is 16.1. The molecule has 0 N–H and O–H groups in total. The average molecular weight is 162 g/mol. The van der Waals surface area contributed by atoms with Crippen LogP contribution in [0.15, 0.2) is 24.3 Å². The summed E-state index contributed by atoms with van der Waals surface area (Å²) in [5.41, 5.74) is 1.84. The average Bonchev–Trinajstić information content (AvgIpc) is 2.13. The third kappa shape index (κ3) is 1.06. The first-order chi connectivity index (χ1) is 6.11. The number of benzene rings is 1. The number of fused-ring (bicyclic) bond motifs is 1. The lowest BCUT2D eigenvalue weighted by Crippen LogP contribution is -2.19. The summed E-state index contributed by atoms with van der Waals surface area (Å²) in [5, 5.41) is 0. The van der Waals surface area contributed by atoms with E-state index in [9.17, 15) is 4.79 Å². The van der Waals surface area contributed by atoms with Crippen LogP contribution in [-0.4, -0.2) is 5.78 Å². The first kappa shape index (κ1) is 6.41. The van der Waals surface area contributed by atoms with Gasteiger partial charge in [-0.2, -0.15) is 0 Å². The van der Waals surface area contributed by atoms with Crippen LogP contribution in [0.1, 0.15) is 30.6 Å². The molecule has 0 spiro atoms. The summed E-state index contributed by atoms with van der Waals surface area (Å²) < 4.78 is 7.81. The van der Waals surface area contributed by atoms with Gasteiger partial charge < -0.3 is 0 Å². The summed E-state index contributed by atoms with van der Waals surface area (Å²) in [4.78, 5) is 11.8. The number of Topliss-reactive ketones (excluding diaryl/α,β-unsaturated/α-hetero) is 1. The molecule has 1 heteroatoms. The van der Waals surface area contributed by atoms with Crippen molar-refractivity contribution in [3.05, 3.63) is 35.4 Å². The molecule has 1 aliphatic carbocycles. The van der Waals surface area contributed by atoms with Gasteiger partial charge in [-0.25, -0.2) is 0 Å². The Morgan fingerprint density at radius 3 is 3.08 bits per heavy atom. The normalized spacial score (nSPS) is 29.4. The number of rotatable bonds is 0. The molecule has 1 aromatic rings. The smallest absolute Gasteiger partial charge is 0.165 e. The van der Waals surface area contributed by atoms with Crippen LogP contribution in [-0.2, 0) is 6.42 Å². The second-order valence-electron chi connectivity index (χ2n) is 3.27. The first-order valence-corrected chi connectivity index (χ1v) is 4.24. The van der Waals surface area contributed by atoms with Crippen LogP contribution in [0.3, 0.4) is 0 Å². The van der Waals surface area contributed by atoms with Crippen molar-refractivity contribution in [3.8, 4) is 0 Å². The van der Waals surface area contributed by atoms with Crippen molar-refractivity contribution in [2.75, 3.05) is 0 Å². The largest absolute Gasteiger partial charge is 0.294 e. The molecule has 0 amide bonds. The van der Waals surface area contributed by atoms with Gasteiger partial charge in [-0.15, -0.1) is 0 Å². The second kappa shape index (κ2) is 2.74. The third-order valence-corrected chi connectivity index (χ3v) is 2.42. The quantitative estimate of drug-likeness (QED) is 0.535. The molecule has 1 atom stereocenters. The molecule has 0 radical (unpaired) electrons. The van der Waals surface area contributed by atoms with E-state index in [1.54, 1.807) is 6.92 Å². The molecule has 1 aromatic carbocycles. The Labute approximate surface area is 73.8 Å². The molecule has 62 valence electrons. The van der Waals surface area contributed by atoms with E-state index in [0.29, 0.717) is 6.42 Å². The fraction of sp³-hybridized carbons (Fsp3) is 0.364. The van der Waals surface area contributed by atoms with Crippen molar-refractivity contribution in [3.63, 3.8) is 0 Å².